The van der Waals surface area contributed by atoms with Crippen molar-refractivity contribution in [3.63, 3.8) is 0 Å². The normalized spacial score (nSPS) is 12.4. The van der Waals surface area contributed by atoms with Gasteiger partial charge in [-0.2, -0.15) is 0 Å². The Labute approximate surface area is 112 Å². The van der Waals surface area contributed by atoms with Crippen molar-refractivity contribution in [1.82, 2.24) is 10.2 Å². The maximum absolute atomic E-state index is 11.8. The van der Waals surface area contributed by atoms with Gasteiger partial charge in [-0.1, -0.05) is 6.92 Å². The van der Waals surface area contributed by atoms with Crippen LogP contribution >= 0.6 is 0 Å². The van der Waals surface area contributed by atoms with Crippen LogP contribution in [0.25, 0.3) is 0 Å². The predicted octanol–water partition coefficient (Wildman–Crippen LogP) is 1.08. The summed E-state index contributed by atoms with van der Waals surface area (Å²) in [6.07, 6.45) is 1.58. The van der Waals surface area contributed by atoms with Crippen molar-refractivity contribution in [2.45, 2.75) is 32.9 Å². The molecule has 1 atom stereocenters. The average molecular weight is 268 g/mol. The zero-order chi connectivity index (χ0) is 14.3. The van der Waals surface area contributed by atoms with Crippen molar-refractivity contribution in [3.05, 3.63) is 24.2 Å². The summed E-state index contributed by atoms with van der Waals surface area (Å²) in [4.78, 5) is 24.2. The molecular weight excluding hydrogens is 248 g/mol. The number of carbonyl (C=O) groups excluding carboxylic acids is 1. The van der Waals surface area contributed by atoms with E-state index < -0.39 is 5.97 Å². The fourth-order valence-corrected chi connectivity index (χ4v) is 1.80. The van der Waals surface area contributed by atoms with Crippen LogP contribution in [0, 0.1) is 0 Å². The van der Waals surface area contributed by atoms with Crippen LogP contribution in [0.5, 0.6) is 0 Å². The van der Waals surface area contributed by atoms with E-state index in [4.69, 9.17) is 9.52 Å². The highest BCUT2D eigenvalue weighted by molar-refractivity contribution is 5.78. The van der Waals surface area contributed by atoms with Crippen molar-refractivity contribution in [1.29, 1.82) is 0 Å². The van der Waals surface area contributed by atoms with Gasteiger partial charge in [-0.15, -0.1) is 0 Å². The Balaban J connectivity index is 2.37. The molecule has 19 heavy (non-hydrogen) atoms. The molecule has 0 aromatic carbocycles. The Morgan fingerprint density at radius 1 is 1.53 bits per heavy atom. The van der Waals surface area contributed by atoms with Gasteiger partial charge >= 0.3 is 5.97 Å². The number of hydrogen-bond donors (Lipinski definition) is 2. The summed E-state index contributed by atoms with van der Waals surface area (Å²) in [6.45, 7) is 4.86. The fourth-order valence-electron chi connectivity index (χ4n) is 1.80. The lowest BCUT2D eigenvalue weighted by Crippen LogP contribution is -2.42. The second-order valence-corrected chi connectivity index (χ2v) is 4.37. The number of carbonyl (C=O) groups is 2. The summed E-state index contributed by atoms with van der Waals surface area (Å²) in [5.74, 6) is -0.313. The van der Waals surface area contributed by atoms with E-state index in [1.54, 1.807) is 25.3 Å². The van der Waals surface area contributed by atoms with Crippen LogP contribution in [0.15, 0.2) is 22.8 Å². The third-order valence-corrected chi connectivity index (χ3v) is 2.89. The maximum atomic E-state index is 11.8. The van der Waals surface area contributed by atoms with Crippen molar-refractivity contribution >= 4 is 11.9 Å². The molecule has 1 aromatic heterocycles. The monoisotopic (exact) mass is 268 g/mol. The van der Waals surface area contributed by atoms with Crippen molar-refractivity contribution in [2.24, 2.45) is 0 Å². The smallest absolute Gasteiger partial charge is 0.304 e. The number of carboxylic acid groups (broad SMARTS) is 1. The molecule has 2 N–H and O–H groups in total. The number of carboxylic acids is 1. The number of aliphatic carboxylic acids is 1. The number of nitrogens with one attached hydrogen (secondary N) is 1. The molecule has 106 valence electrons. The molecule has 1 aromatic rings. The highest BCUT2D eigenvalue weighted by Crippen LogP contribution is 2.04. The number of furan rings is 1. The van der Waals surface area contributed by atoms with Crippen LogP contribution in [0.4, 0.5) is 0 Å². The number of rotatable bonds is 8. The number of nitrogens with zero attached hydrogens (tertiary/aromatic N) is 1. The molecule has 1 unspecified atom stereocenters. The quantitative estimate of drug-likeness (QED) is 0.737. The number of hydrogen-bond acceptors (Lipinski definition) is 4. The molecule has 6 nitrogen and oxygen atoms in total. The first-order valence-electron chi connectivity index (χ1n) is 6.27. The molecule has 6 heteroatoms. The number of likely N-dealkylation sites (N-methyl/N-ethyl adjacent to an activating group) is 1. The summed E-state index contributed by atoms with van der Waals surface area (Å²) >= 11 is 0. The Bertz CT molecular complexity index is 403. The zero-order valence-corrected chi connectivity index (χ0v) is 11.3. The van der Waals surface area contributed by atoms with E-state index in [0.717, 1.165) is 0 Å². The molecule has 1 heterocycles. The maximum Gasteiger partial charge on any atom is 0.304 e. The molecule has 0 saturated heterocycles. The van der Waals surface area contributed by atoms with Gasteiger partial charge in [-0.05, 0) is 25.6 Å². The highest BCUT2D eigenvalue weighted by atomic mass is 16.4. The van der Waals surface area contributed by atoms with Gasteiger partial charge in [0.05, 0.1) is 25.8 Å². The Kier molecular flexibility index (Phi) is 6.08. The van der Waals surface area contributed by atoms with Crippen LogP contribution in [0.1, 0.15) is 26.0 Å². The van der Waals surface area contributed by atoms with Gasteiger partial charge in [0.2, 0.25) is 5.91 Å². The van der Waals surface area contributed by atoms with Gasteiger partial charge in [-0.3, -0.25) is 14.5 Å². The summed E-state index contributed by atoms with van der Waals surface area (Å²) < 4.78 is 5.11. The molecule has 0 aliphatic rings. The van der Waals surface area contributed by atoms with Gasteiger partial charge in [0.25, 0.3) is 0 Å². The summed E-state index contributed by atoms with van der Waals surface area (Å²) in [7, 11) is 0. The zero-order valence-electron chi connectivity index (χ0n) is 11.3. The first-order valence-corrected chi connectivity index (χ1v) is 6.27. The van der Waals surface area contributed by atoms with E-state index >= 15 is 0 Å². The molecule has 0 aliphatic carbocycles. The minimum Gasteiger partial charge on any atom is -0.481 e. The van der Waals surface area contributed by atoms with E-state index in [0.29, 0.717) is 18.8 Å². The largest absolute Gasteiger partial charge is 0.481 e. The lowest BCUT2D eigenvalue weighted by molar-refractivity contribution is -0.138. The lowest BCUT2D eigenvalue weighted by Gasteiger charge is -2.25. The van der Waals surface area contributed by atoms with E-state index in [1.807, 2.05) is 11.8 Å². The van der Waals surface area contributed by atoms with Crippen LogP contribution in [0.2, 0.25) is 0 Å². The summed E-state index contributed by atoms with van der Waals surface area (Å²) in [5.41, 5.74) is 0. The molecule has 0 fully saturated rings. The molecule has 0 spiro atoms. The fraction of sp³-hybridized carbons (Fsp3) is 0.538. The van der Waals surface area contributed by atoms with Crippen LogP contribution in [-0.4, -0.2) is 41.0 Å². The van der Waals surface area contributed by atoms with E-state index in [1.165, 1.54) is 0 Å². The van der Waals surface area contributed by atoms with Crippen LogP contribution < -0.4 is 5.32 Å². The molecule has 0 bridgehead atoms. The van der Waals surface area contributed by atoms with E-state index in [-0.39, 0.29) is 24.9 Å². The number of amides is 1. The molecule has 0 radical (unpaired) electrons. The van der Waals surface area contributed by atoms with Gasteiger partial charge < -0.3 is 14.8 Å². The second-order valence-electron chi connectivity index (χ2n) is 4.37. The van der Waals surface area contributed by atoms with Crippen molar-refractivity contribution in [3.8, 4) is 0 Å². The minimum atomic E-state index is -0.859. The van der Waals surface area contributed by atoms with Crippen LogP contribution in [-0.2, 0) is 16.1 Å². The highest BCUT2D eigenvalue weighted by Gasteiger charge is 2.18. The van der Waals surface area contributed by atoms with E-state index in [9.17, 15) is 9.59 Å². The third kappa shape index (κ3) is 5.56. The van der Waals surface area contributed by atoms with Gasteiger partial charge in [0, 0.05) is 6.04 Å². The Morgan fingerprint density at radius 2 is 2.26 bits per heavy atom. The van der Waals surface area contributed by atoms with E-state index in [2.05, 4.69) is 5.32 Å². The predicted molar refractivity (Wildman–Crippen MR) is 69.5 cm³/mol. The Morgan fingerprint density at radius 3 is 2.79 bits per heavy atom. The standard InChI is InChI=1S/C13H20N2O4/c1-3-15(10(2)7-13(17)18)9-12(16)14-8-11-5-4-6-19-11/h4-6,10H,3,7-9H2,1-2H3,(H,14,16)(H,17,18). The second kappa shape index (κ2) is 7.58. The molecular formula is C13H20N2O4. The van der Waals surface area contributed by atoms with Gasteiger partial charge in [-0.25, -0.2) is 0 Å². The van der Waals surface area contributed by atoms with Gasteiger partial charge in [0.1, 0.15) is 5.76 Å². The third-order valence-electron chi connectivity index (χ3n) is 2.89. The molecule has 1 amide bonds. The van der Waals surface area contributed by atoms with Crippen molar-refractivity contribution < 1.29 is 19.1 Å². The lowest BCUT2D eigenvalue weighted by atomic mass is 10.2. The average Bonchev–Trinajstić information content (AvgIpc) is 2.85. The molecule has 1 rings (SSSR count). The minimum absolute atomic E-state index is 0.0271. The van der Waals surface area contributed by atoms with Crippen molar-refractivity contribution in [2.75, 3.05) is 13.1 Å². The first-order chi connectivity index (χ1) is 9.02. The summed E-state index contributed by atoms with van der Waals surface area (Å²) in [6, 6.07) is 3.37. The van der Waals surface area contributed by atoms with Gasteiger partial charge in [0.15, 0.2) is 0 Å². The summed E-state index contributed by atoms with van der Waals surface area (Å²) in [5, 5.41) is 11.5. The topological polar surface area (TPSA) is 82.8 Å². The SMILES string of the molecule is CCN(CC(=O)NCc1ccco1)C(C)CC(=O)O. The molecule has 0 saturated carbocycles. The first kappa shape index (κ1) is 15.2. The molecule has 0 aliphatic heterocycles. The van der Waals surface area contributed by atoms with Crippen LogP contribution in [0.3, 0.4) is 0 Å². The Hall–Kier alpha value is -1.82.